The Hall–Kier alpha value is -2.49. The second kappa shape index (κ2) is 4.79. The van der Waals surface area contributed by atoms with Gasteiger partial charge in [0.2, 0.25) is 0 Å². The molecule has 0 bridgehead atoms. The van der Waals surface area contributed by atoms with Gasteiger partial charge in [-0.1, -0.05) is 18.2 Å². The first-order valence-electron chi connectivity index (χ1n) is 5.51. The normalized spacial score (nSPS) is 10.1. The van der Waals surface area contributed by atoms with E-state index in [-0.39, 0.29) is 5.97 Å². The molecule has 4 nitrogen and oxygen atoms in total. The molecule has 0 amide bonds. The molecule has 2 aromatic rings. The van der Waals surface area contributed by atoms with Gasteiger partial charge in [0, 0.05) is 29.4 Å². The standard InChI is InChI=1S/C14H14N2O2/c1-9(17)18-14-7-6-10(15)8-12(14)11-4-2-3-5-13(11)16/h2-8H,15-16H2,1H3. The molecule has 2 aromatic carbocycles. The zero-order chi connectivity index (χ0) is 13.1. The molecule has 0 fully saturated rings. The lowest BCUT2D eigenvalue weighted by Gasteiger charge is -2.11. The minimum atomic E-state index is -0.379. The summed E-state index contributed by atoms with van der Waals surface area (Å²) in [6.07, 6.45) is 0. The number of hydrogen-bond donors (Lipinski definition) is 2. The molecule has 4 heteroatoms. The van der Waals surface area contributed by atoms with Crippen LogP contribution in [0.2, 0.25) is 0 Å². The highest BCUT2D eigenvalue weighted by atomic mass is 16.5. The highest BCUT2D eigenvalue weighted by Gasteiger charge is 2.11. The fraction of sp³-hybridized carbons (Fsp3) is 0.0714. The Morgan fingerprint density at radius 1 is 1.06 bits per heavy atom. The molecule has 0 aliphatic carbocycles. The molecule has 2 rings (SSSR count). The molecule has 0 spiro atoms. The third kappa shape index (κ3) is 2.43. The minimum Gasteiger partial charge on any atom is -0.426 e. The summed E-state index contributed by atoms with van der Waals surface area (Å²) in [5.41, 5.74) is 14.4. The van der Waals surface area contributed by atoms with Gasteiger partial charge in [-0.2, -0.15) is 0 Å². The molecule has 0 saturated carbocycles. The number of nitrogens with two attached hydrogens (primary N) is 2. The quantitative estimate of drug-likeness (QED) is 0.481. The van der Waals surface area contributed by atoms with E-state index >= 15 is 0 Å². The van der Waals surface area contributed by atoms with Crippen molar-refractivity contribution in [3.8, 4) is 16.9 Å². The first-order valence-corrected chi connectivity index (χ1v) is 5.51. The smallest absolute Gasteiger partial charge is 0.308 e. The Balaban J connectivity index is 2.58. The van der Waals surface area contributed by atoms with E-state index in [1.165, 1.54) is 6.92 Å². The molecule has 0 saturated heterocycles. The summed E-state index contributed by atoms with van der Waals surface area (Å²) >= 11 is 0. The van der Waals surface area contributed by atoms with Crippen LogP contribution in [0.5, 0.6) is 5.75 Å². The van der Waals surface area contributed by atoms with Gasteiger partial charge in [0.1, 0.15) is 5.75 Å². The molecule has 92 valence electrons. The molecule has 4 N–H and O–H groups in total. The predicted octanol–water partition coefficient (Wildman–Crippen LogP) is 2.44. The lowest BCUT2D eigenvalue weighted by molar-refractivity contribution is -0.131. The van der Waals surface area contributed by atoms with Gasteiger partial charge < -0.3 is 16.2 Å². The third-order valence-corrected chi connectivity index (χ3v) is 2.51. The van der Waals surface area contributed by atoms with Crippen LogP contribution in [0.25, 0.3) is 11.1 Å². The fourth-order valence-corrected chi connectivity index (χ4v) is 1.74. The largest absolute Gasteiger partial charge is 0.426 e. The van der Waals surface area contributed by atoms with Crippen molar-refractivity contribution < 1.29 is 9.53 Å². The molecule has 0 aromatic heterocycles. The van der Waals surface area contributed by atoms with Crippen molar-refractivity contribution in [1.82, 2.24) is 0 Å². The molecular formula is C14H14N2O2. The summed E-state index contributed by atoms with van der Waals surface area (Å²) in [4.78, 5) is 11.1. The molecule has 18 heavy (non-hydrogen) atoms. The van der Waals surface area contributed by atoms with Crippen LogP contribution in [0, 0.1) is 0 Å². The molecule has 0 radical (unpaired) electrons. The topological polar surface area (TPSA) is 78.3 Å². The van der Waals surface area contributed by atoms with Gasteiger partial charge in [0.05, 0.1) is 0 Å². The van der Waals surface area contributed by atoms with E-state index in [4.69, 9.17) is 16.2 Å². The summed E-state index contributed by atoms with van der Waals surface area (Å²) in [6, 6.07) is 12.4. The van der Waals surface area contributed by atoms with Crippen LogP contribution in [0.4, 0.5) is 11.4 Å². The van der Waals surface area contributed by atoms with Gasteiger partial charge >= 0.3 is 5.97 Å². The molecular weight excluding hydrogens is 228 g/mol. The zero-order valence-electron chi connectivity index (χ0n) is 10.0. The average Bonchev–Trinajstić information content (AvgIpc) is 2.32. The summed E-state index contributed by atoms with van der Waals surface area (Å²) < 4.78 is 5.16. The van der Waals surface area contributed by atoms with Crippen LogP contribution in [0.15, 0.2) is 42.5 Å². The molecule has 0 atom stereocenters. The predicted molar refractivity (Wildman–Crippen MR) is 72.0 cm³/mol. The van der Waals surface area contributed by atoms with Gasteiger partial charge in [-0.15, -0.1) is 0 Å². The number of esters is 1. The van der Waals surface area contributed by atoms with E-state index in [1.54, 1.807) is 24.3 Å². The maximum Gasteiger partial charge on any atom is 0.308 e. The van der Waals surface area contributed by atoms with Crippen molar-refractivity contribution >= 4 is 17.3 Å². The number of rotatable bonds is 2. The lowest BCUT2D eigenvalue weighted by Crippen LogP contribution is -2.03. The summed E-state index contributed by atoms with van der Waals surface area (Å²) in [5.74, 6) is 0.0742. The van der Waals surface area contributed by atoms with Crippen LogP contribution in [-0.2, 0) is 4.79 Å². The number of ether oxygens (including phenoxy) is 1. The van der Waals surface area contributed by atoms with Crippen molar-refractivity contribution in [2.24, 2.45) is 0 Å². The summed E-state index contributed by atoms with van der Waals surface area (Å²) in [6.45, 7) is 1.36. The number of benzene rings is 2. The second-order valence-corrected chi connectivity index (χ2v) is 3.94. The van der Waals surface area contributed by atoms with E-state index in [2.05, 4.69) is 0 Å². The van der Waals surface area contributed by atoms with Gasteiger partial charge in [-0.25, -0.2) is 0 Å². The van der Waals surface area contributed by atoms with Crippen LogP contribution in [-0.4, -0.2) is 5.97 Å². The monoisotopic (exact) mass is 242 g/mol. The van der Waals surface area contributed by atoms with E-state index in [0.717, 1.165) is 5.56 Å². The number of anilines is 2. The number of carbonyl (C=O) groups excluding carboxylic acids is 1. The Morgan fingerprint density at radius 3 is 2.44 bits per heavy atom. The maximum absolute atomic E-state index is 11.1. The van der Waals surface area contributed by atoms with Crippen LogP contribution in [0.3, 0.4) is 0 Å². The Labute approximate surface area is 105 Å². The Bertz CT molecular complexity index is 594. The van der Waals surface area contributed by atoms with E-state index < -0.39 is 0 Å². The number of para-hydroxylation sites is 1. The van der Waals surface area contributed by atoms with Crippen molar-refractivity contribution in [3.05, 3.63) is 42.5 Å². The van der Waals surface area contributed by atoms with E-state index in [0.29, 0.717) is 22.7 Å². The summed E-state index contributed by atoms with van der Waals surface area (Å²) in [5, 5.41) is 0. The highest BCUT2D eigenvalue weighted by molar-refractivity contribution is 5.84. The molecule has 0 aliphatic rings. The van der Waals surface area contributed by atoms with Crippen molar-refractivity contribution in [2.45, 2.75) is 6.92 Å². The lowest BCUT2D eigenvalue weighted by atomic mass is 10.0. The maximum atomic E-state index is 11.1. The first-order chi connectivity index (χ1) is 8.58. The first kappa shape index (κ1) is 12.0. The van der Waals surface area contributed by atoms with Gasteiger partial charge in [0.25, 0.3) is 0 Å². The Kier molecular flexibility index (Phi) is 3.19. The Morgan fingerprint density at radius 2 is 1.78 bits per heavy atom. The van der Waals surface area contributed by atoms with Crippen LogP contribution < -0.4 is 16.2 Å². The van der Waals surface area contributed by atoms with Crippen molar-refractivity contribution in [1.29, 1.82) is 0 Å². The van der Waals surface area contributed by atoms with Crippen molar-refractivity contribution in [2.75, 3.05) is 11.5 Å². The molecule has 0 aliphatic heterocycles. The molecule has 0 unspecified atom stereocenters. The molecule has 0 heterocycles. The number of nitrogen functional groups attached to an aromatic ring is 2. The van der Waals surface area contributed by atoms with Crippen LogP contribution >= 0.6 is 0 Å². The van der Waals surface area contributed by atoms with E-state index in [9.17, 15) is 4.79 Å². The van der Waals surface area contributed by atoms with Crippen molar-refractivity contribution in [3.63, 3.8) is 0 Å². The zero-order valence-corrected chi connectivity index (χ0v) is 10.0. The number of hydrogen-bond acceptors (Lipinski definition) is 4. The second-order valence-electron chi connectivity index (χ2n) is 3.94. The SMILES string of the molecule is CC(=O)Oc1ccc(N)cc1-c1ccccc1N. The van der Waals surface area contributed by atoms with E-state index in [1.807, 2.05) is 18.2 Å². The average molecular weight is 242 g/mol. The third-order valence-electron chi connectivity index (χ3n) is 2.51. The fourth-order valence-electron chi connectivity index (χ4n) is 1.74. The number of carbonyl (C=O) groups is 1. The summed E-state index contributed by atoms with van der Waals surface area (Å²) in [7, 11) is 0. The van der Waals surface area contributed by atoms with Gasteiger partial charge in [-0.3, -0.25) is 4.79 Å². The van der Waals surface area contributed by atoms with Gasteiger partial charge in [0.15, 0.2) is 0 Å². The van der Waals surface area contributed by atoms with Gasteiger partial charge in [-0.05, 0) is 24.3 Å². The highest BCUT2D eigenvalue weighted by Crippen LogP contribution is 2.35. The van der Waals surface area contributed by atoms with Crippen LogP contribution in [0.1, 0.15) is 6.92 Å². The minimum absolute atomic E-state index is 0.379.